The molecule has 2 heterocycles. The van der Waals surface area contributed by atoms with Crippen LogP contribution in [-0.4, -0.2) is 48.5 Å². The lowest BCUT2D eigenvalue weighted by Crippen LogP contribution is -2.42. The number of anilines is 1. The van der Waals surface area contributed by atoms with Crippen LogP contribution in [0.15, 0.2) is 12.4 Å². The van der Waals surface area contributed by atoms with Gasteiger partial charge in [-0.2, -0.15) is 14.6 Å². The summed E-state index contributed by atoms with van der Waals surface area (Å²) in [6.07, 6.45) is 6.46. The number of hydrogen-bond donors (Lipinski definition) is 3. The number of nitrogens with one attached hydrogen (secondary N) is 1. The van der Waals surface area contributed by atoms with E-state index in [1.165, 1.54) is 12.7 Å². The van der Waals surface area contributed by atoms with Crippen LogP contribution in [0.1, 0.15) is 37.8 Å². The molecular formula is C15H23N5O2. The molecule has 0 saturated heterocycles. The molecule has 22 heavy (non-hydrogen) atoms. The van der Waals surface area contributed by atoms with Crippen molar-refractivity contribution in [3.05, 3.63) is 18.1 Å². The SMILES string of the molecule is Cc1cc(N[C@@H](CO)[C@@H](O)C2CCCCC2)n2ncnc2n1. The fourth-order valence-electron chi connectivity index (χ4n) is 3.27. The molecule has 2 aromatic heterocycles. The Morgan fingerprint density at radius 1 is 1.36 bits per heavy atom. The number of fused-ring (bicyclic) bond motifs is 1. The molecule has 7 heteroatoms. The van der Waals surface area contributed by atoms with Gasteiger partial charge in [0.15, 0.2) is 0 Å². The predicted molar refractivity (Wildman–Crippen MR) is 82.6 cm³/mol. The molecule has 2 atom stereocenters. The highest BCUT2D eigenvalue weighted by atomic mass is 16.3. The van der Waals surface area contributed by atoms with E-state index in [2.05, 4.69) is 20.4 Å². The van der Waals surface area contributed by atoms with Crippen molar-refractivity contribution in [1.29, 1.82) is 0 Å². The maximum Gasteiger partial charge on any atom is 0.254 e. The van der Waals surface area contributed by atoms with Gasteiger partial charge in [0.25, 0.3) is 5.78 Å². The normalized spacial score (nSPS) is 19.2. The summed E-state index contributed by atoms with van der Waals surface area (Å²) in [5.74, 6) is 1.44. The van der Waals surface area contributed by atoms with E-state index < -0.39 is 12.1 Å². The number of rotatable bonds is 5. The number of nitrogens with zero attached hydrogens (tertiary/aromatic N) is 4. The smallest absolute Gasteiger partial charge is 0.254 e. The second-order valence-corrected chi connectivity index (χ2v) is 6.08. The fraction of sp³-hybridized carbons (Fsp3) is 0.667. The molecule has 0 aliphatic heterocycles. The monoisotopic (exact) mass is 305 g/mol. The third kappa shape index (κ3) is 3.05. The summed E-state index contributed by atoms with van der Waals surface area (Å²) in [7, 11) is 0. The van der Waals surface area contributed by atoms with E-state index in [4.69, 9.17) is 0 Å². The van der Waals surface area contributed by atoms with Gasteiger partial charge in [-0.3, -0.25) is 0 Å². The van der Waals surface area contributed by atoms with E-state index in [0.29, 0.717) is 11.6 Å². The lowest BCUT2D eigenvalue weighted by atomic mass is 9.83. The Morgan fingerprint density at radius 2 is 2.14 bits per heavy atom. The third-order valence-electron chi connectivity index (χ3n) is 4.45. The molecule has 0 spiro atoms. The van der Waals surface area contributed by atoms with Gasteiger partial charge in [0.05, 0.1) is 18.8 Å². The maximum absolute atomic E-state index is 10.6. The zero-order chi connectivity index (χ0) is 15.5. The van der Waals surface area contributed by atoms with Crippen LogP contribution >= 0.6 is 0 Å². The summed E-state index contributed by atoms with van der Waals surface area (Å²) in [6, 6.07) is 1.43. The molecule has 1 saturated carbocycles. The molecular weight excluding hydrogens is 282 g/mol. The van der Waals surface area contributed by atoms with Crippen LogP contribution in [0.2, 0.25) is 0 Å². The van der Waals surface area contributed by atoms with Crippen molar-refractivity contribution in [2.75, 3.05) is 11.9 Å². The molecule has 0 radical (unpaired) electrons. The minimum atomic E-state index is -0.572. The Morgan fingerprint density at radius 3 is 2.86 bits per heavy atom. The highest BCUT2D eigenvalue weighted by Gasteiger charge is 2.29. The summed E-state index contributed by atoms with van der Waals surface area (Å²) in [5.41, 5.74) is 0.812. The van der Waals surface area contributed by atoms with Crippen LogP contribution in [0.5, 0.6) is 0 Å². The van der Waals surface area contributed by atoms with Gasteiger partial charge in [0.2, 0.25) is 0 Å². The van der Waals surface area contributed by atoms with Gasteiger partial charge < -0.3 is 15.5 Å². The first-order valence-corrected chi connectivity index (χ1v) is 7.92. The first kappa shape index (κ1) is 15.2. The van der Waals surface area contributed by atoms with Gasteiger partial charge in [0.1, 0.15) is 12.1 Å². The van der Waals surface area contributed by atoms with Gasteiger partial charge in [-0.1, -0.05) is 19.3 Å². The Kier molecular flexibility index (Phi) is 4.54. The standard InChI is InChI=1S/C15H23N5O2/c1-10-7-13(20-15(18-10)16-9-17-20)19-12(8-21)14(22)11-5-3-2-4-6-11/h7,9,11-12,14,19,21-22H,2-6,8H2,1H3/t12-,14-/m0/s1. The van der Waals surface area contributed by atoms with Crippen molar-refractivity contribution in [3.63, 3.8) is 0 Å². The second-order valence-electron chi connectivity index (χ2n) is 6.08. The minimum Gasteiger partial charge on any atom is -0.394 e. The second kappa shape index (κ2) is 6.58. The number of aromatic nitrogens is 4. The van der Waals surface area contributed by atoms with E-state index in [1.807, 2.05) is 13.0 Å². The molecule has 1 aliphatic carbocycles. The van der Waals surface area contributed by atoms with E-state index in [-0.39, 0.29) is 12.5 Å². The summed E-state index contributed by atoms with van der Waals surface area (Å²) < 4.78 is 1.59. The number of aliphatic hydroxyl groups is 2. The van der Waals surface area contributed by atoms with E-state index in [1.54, 1.807) is 4.52 Å². The lowest BCUT2D eigenvalue weighted by molar-refractivity contribution is 0.0492. The van der Waals surface area contributed by atoms with Crippen LogP contribution in [0.4, 0.5) is 5.82 Å². The van der Waals surface area contributed by atoms with Crippen molar-refractivity contribution in [3.8, 4) is 0 Å². The Bertz CT molecular complexity index is 623. The molecule has 3 rings (SSSR count). The molecule has 2 aromatic rings. The van der Waals surface area contributed by atoms with Crippen LogP contribution in [0.25, 0.3) is 5.78 Å². The highest BCUT2D eigenvalue weighted by molar-refractivity contribution is 5.45. The van der Waals surface area contributed by atoms with Gasteiger partial charge in [-0.25, -0.2) is 4.98 Å². The first-order valence-electron chi connectivity index (χ1n) is 7.92. The molecule has 0 amide bonds. The summed E-state index contributed by atoms with van der Waals surface area (Å²) >= 11 is 0. The Hall–Kier alpha value is -1.73. The molecule has 1 aliphatic rings. The fourth-order valence-corrected chi connectivity index (χ4v) is 3.27. The highest BCUT2D eigenvalue weighted by Crippen LogP contribution is 2.28. The molecule has 120 valence electrons. The Labute approximate surface area is 129 Å². The number of hydrogen-bond acceptors (Lipinski definition) is 6. The number of aryl methyl sites for hydroxylation is 1. The van der Waals surface area contributed by atoms with Crippen LogP contribution < -0.4 is 5.32 Å². The van der Waals surface area contributed by atoms with Crippen molar-refractivity contribution >= 4 is 11.6 Å². The first-order chi connectivity index (χ1) is 10.7. The average Bonchev–Trinajstić information content (AvgIpc) is 3.01. The van der Waals surface area contributed by atoms with Crippen LogP contribution in [0.3, 0.4) is 0 Å². The van der Waals surface area contributed by atoms with Gasteiger partial charge in [0, 0.05) is 11.8 Å². The van der Waals surface area contributed by atoms with Gasteiger partial charge in [-0.15, -0.1) is 0 Å². The molecule has 0 bridgehead atoms. The van der Waals surface area contributed by atoms with Gasteiger partial charge in [-0.05, 0) is 25.7 Å². The van der Waals surface area contributed by atoms with E-state index in [0.717, 1.165) is 31.4 Å². The molecule has 7 nitrogen and oxygen atoms in total. The average molecular weight is 305 g/mol. The molecule has 0 unspecified atom stereocenters. The third-order valence-corrected chi connectivity index (χ3v) is 4.45. The van der Waals surface area contributed by atoms with Crippen LogP contribution in [0, 0.1) is 12.8 Å². The zero-order valence-electron chi connectivity index (χ0n) is 12.8. The van der Waals surface area contributed by atoms with Crippen molar-refractivity contribution < 1.29 is 10.2 Å². The van der Waals surface area contributed by atoms with Crippen molar-refractivity contribution in [2.45, 2.75) is 51.2 Å². The van der Waals surface area contributed by atoms with E-state index >= 15 is 0 Å². The summed E-state index contributed by atoms with van der Waals surface area (Å²) in [6.45, 7) is 1.75. The van der Waals surface area contributed by atoms with Crippen LogP contribution in [-0.2, 0) is 0 Å². The van der Waals surface area contributed by atoms with Gasteiger partial charge >= 0.3 is 0 Å². The largest absolute Gasteiger partial charge is 0.394 e. The summed E-state index contributed by atoms with van der Waals surface area (Å²) in [5, 5.41) is 27.7. The summed E-state index contributed by atoms with van der Waals surface area (Å²) in [4.78, 5) is 8.37. The quantitative estimate of drug-likeness (QED) is 0.767. The van der Waals surface area contributed by atoms with Crippen molar-refractivity contribution in [2.24, 2.45) is 5.92 Å². The molecule has 3 N–H and O–H groups in total. The molecule has 1 fully saturated rings. The Balaban J connectivity index is 1.80. The number of aliphatic hydroxyl groups excluding tert-OH is 2. The zero-order valence-corrected chi connectivity index (χ0v) is 12.8. The van der Waals surface area contributed by atoms with Crippen molar-refractivity contribution in [1.82, 2.24) is 19.6 Å². The predicted octanol–water partition coefficient (Wildman–Crippen LogP) is 1.15. The maximum atomic E-state index is 10.6. The topological polar surface area (TPSA) is 95.6 Å². The lowest BCUT2D eigenvalue weighted by Gasteiger charge is -2.32. The molecule has 0 aromatic carbocycles. The van der Waals surface area contributed by atoms with E-state index in [9.17, 15) is 10.2 Å². The minimum absolute atomic E-state index is 0.130.